The highest BCUT2D eigenvalue weighted by Crippen LogP contribution is 2.38. The average Bonchev–Trinajstić information content (AvgIpc) is 1.82. The Morgan fingerprint density at radius 1 is 1.08 bits per heavy atom. The molecule has 0 heterocycles. The molecule has 1 rings (SSSR count). The monoisotopic (exact) mass is 180 g/mol. The van der Waals surface area contributed by atoms with E-state index in [2.05, 4.69) is 45.6 Å². The van der Waals surface area contributed by atoms with Crippen LogP contribution in [0.4, 0.5) is 0 Å². The predicted octanol–water partition coefficient (Wildman–Crippen LogP) is 3.99. The van der Waals surface area contributed by atoms with Crippen molar-refractivity contribution in [2.75, 3.05) is 0 Å². The summed E-state index contributed by atoms with van der Waals surface area (Å²) in [5.74, 6) is 0. The zero-order valence-electron chi connectivity index (χ0n) is 8.94. The quantitative estimate of drug-likeness (QED) is 0.423. The van der Waals surface area contributed by atoms with Crippen molar-refractivity contribution in [3.63, 3.8) is 0 Å². The van der Waals surface area contributed by atoms with Gasteiger partial charge in [0.25, 0.3) is 0 Å². The minimum absolute atomic E-state index is 0.797. The van der Waals surface area contributed by atoms with E-state index in [9.17, 15) is 0 Å². The van der Waals surface area contributed by atoms with Crippen LogP contribution in [0, 0.1) is 0 Å². The lowest BCUT2D eigenvalue weighted by Crippen LogP contribution is -2.30. The van der Waals surface area contributed by atoms with Crippen LogP contribution in [0.2, 0.25) is 25.2 Å². The second-order valence-electron chi connectivity index (χ2n) is 4.93. The van der Waals surface area contributed by atoms with Crippen LogP contribution >= 0.6 is 0 Å². The molecule has 0 fully saturated rings. The fraction of sp³-hybridized carbons (Fsp3) is 0.636. The summed E-state index contributed by atoms with van der Waals surface area (Å²) < 4.78 is 0. The summed E-state index contributed by atoms with van der Waals surface area (Å²) in [5.41, 5.74) is 4.01. The highest BCUT2D eigenvalue weighted by Gasteiger charge is 2.29. The van der Waals surface area contributed by atoms with Gasteiger partial charge < -0.3 is 0 Å². The van der Waals surface area contributed by atoms with Gasteiger partial charge in [0.1, 0.15) is 0 Å². The topological polar surface area (TPSA) is 0 Å². The molecule has 12 heavy (non-hydrogen) atoms. The molecule has 0 saturated carbocycles. The van der Waals surface area contributed by atoms with Crippen molar-refractivity contribution < 1.29 is 0 Å². The van der Waals surface area contributed by atoms with Gasteiger partial charge in [-0.1, -0.05) is 42.9 Å². The summed E-state index contributed by atoms with van der Waals surface area (Å²) in [4.78, 5) is 0. The van der Waals surface area contributed by atoms with Gasteiger partial charge in [0.2, 0.25) is 0 Å². The summed E-state index contributed by atoms with van der Waals surface area (Å²) in [6, 6.07) is 0. The molecular formula is C11H20Si. The Morgan fingerprint density at radius 2 is 1.50 bits per heavy atom. The van der Waals surface area contributed by atoms with E-state index < -0.39 is 8.07 Å². The van der Waals surface area contributed by atoms with Gasteiger partial charge in [-0.2, -0.15) is 0 Å². The summed E-state index contributed by atoms with van der Waals surface area (Å²) in [6.07, 6.45) is 5.92. The van der Waals surface area contributed by atoms with E-state index in [1.165, 1.54) is 0 Å². The molecule has 0 spiro atoms. The standard InChI is InChI=1S/C11H20Si/c1-9-7-6-8-10(2)11(9)12(3,4)5/h7-8,11H,6H2,1-5H3. The van der Waals surface area contributed by atoms with Crippen molar-refractivity contribution in [2.45, 2.75) is 45.5 Å². The Hall–Kier alpha value is -0.303. The third kappa shape index (κ3) is 1.89. The maximum atomic E-state index is 2.46. The lowest BCUT2D eigenvalue weighted by atomic mass is 10.00. The summed E-state index contributed by atoms with van der Waals surface area (Å²) in [7, 11) is -1.02. The van der Waals surface area contributed by atoms with E-state index in [0.717, 1.165) is 12.0 Å². The maximum absolute atomic E-state index is 2.46. The smallest absolute Gasteiger partial charge is 0.0564 e. The normalized spacial score (nSPS) is 20.4. The molecular weight excluding hydrogens is 160 g/mol. The van der Waals surface area contributed by atoms with Crippen LogP contribution in [0.25, 0.3) is 0 Å². The lowest BCUT2D eigenvalue weighted by Gasteiger charge is -2.33. The first kappa shape index (κ1) is 9.78. The summed E-state index contributed by atoms with van der Waals surface area (Å²) in [6.45, 7) is 12.0. The highest BCUT2D eigenvalue weighted by atomic mass is 28.3. The van der Waals surface area contributed by atoms with Gasteiger partial charge in [-0.25, -0.2) is 0 Å². The van der Waals surface area contributed by atoms with Crippen molar-refractivity contribution in [1.82, 2.24) is 0 Å². The SMILES string of the molecule is CC1=CCC=C(C)C1[Si](C)(C)C. The maximum Gasteiger partial charge on any atom is 0.0564 e. The molecule has 0 atom stereocenters. The van der Waals surface area contributed by atoms with Crippen molar-refractivity contribution in [3.8, 4) is 0 Å². The zero-order chi connectivity index (χ0) is 9.35. The van der Waals surface area contributed by atoms with Crippen LogP contribution < -0.4 is 0 Å². The van der Waals surface area contributed by atoms with E-state index in [1.54, 1.807) is 11.1 Å². The number of hydrogen-bond acceptors (Lipinski definition) is 0. The van der Waals surface area contributed by atoms with Crippen LogP contribution in [-0.2, 0) is 0 Å². The fourth-order valence-electron chi connectivity index (χ4n) is 2.39. The van der Waals surface area contributed by atoms with Gasteiger partial charge in [0.15, 0.2) is 0 Å². The molecule has 0 aromatic carbocycles. The molecule has 0 aliphatic heterocycles. The Morgan fingerprint density at radius 3 is 1.75 bits per heavy atom. The second-order valence-corrected chi connectivity index (χ2v) is 10.2. The van der Waals surface area contributed by atoms with Crippen LogP contribution in [0.1, 0.15) is 20.3 Å². The van der Waals surface area contributed by atoms with Crippen molar-refractivity contribution in [1.29, 1.82) is 0 Å². The number of hydrogen-bond donors (Lipinski definition) is 0. The molecule has 1 heteroatoms. The van der Waals surface area contributed by atoms with Gasteiger partial charge in [-0.05, 0) is 25.8 Å². The zero-order valence-corrected chi connectivity index (χ0v) is 9.94. The van der Waals surface area contributed by atoms with Crippen LogP contribution in [-0.4, -0.2) is 8.07 Å². The number of allylic oxidation sites excluding steroid dienone is 4. The van der Waals surface area contributed by atoms with Gasteiger partial charge in [-0.15, -0.1) is 0 Å². The van der Waals surface area contributed by atoms with Gasteiger partial charge in [-0.3, -0.25) is 0 Å². The third-order valence-corrected chi connectivity index (χ3v) is 5.30. The molecule has 0 N–H and O–H groups in total. The first-order valence-corrected chi connectivity index (χ1v) is 8.34. The molecule has 0 nitrogen and oxygen atoms in total. The Balaban J connectivity index is 2.93. The minimum atomic E-state index is -1.02. The second kappa shape index (κ2) is 3.21. The van der Waals surface area contributed by atoms with E-state index in [-0.39, 0.29) is 0 Å². The van der Waals surface area contributed by atoms with Crippen molar-refractivity contribution in [2.24, 2.45) is 0 Å². The molecule has 1 aliphatic carbocycles. The van der Waals surface area contributed by atoms with Gasteiger partial charge in [0.05, 0.1) is 8.07 Å². The number of rotatable bonds is 1. The molecule has 0 aromatic rings. The molecule has 0 saturated heterocycles. The third-order valence-electron chi connectivity index (χ3n) is 2.66. The molecule has 0 unspecified atom stereocenters. The predicted molar refractivity (Wildman–Crippen MR) is 59.2 cm³/mol. The minimum Gasteiger partial charge on any atom is -0.0815 e. The molecule has 0 bridgehead atoms. The Bertz CT molecular complexity index is 210. The van der Waals surface area contributed by atoms with E-state index >= 15 is 0 Å². The molecule has 0 radical (unpaired) electrons. The first-order chi connectivity index (χ1) is 5.43. The van der Waals surface area contributed by atoms with Gasteiger partial charge in [0, 0.05) is 0 Å². The fourth-order valence-corrected chi connectivity index (χ4v) is 5.36. The summed E-state index contributed by atoms with van der Waals surface area (Å²) >= 11 is 0. The molecule has 0 amide bonds. The van der Waals surface area contributed by atoms with E-state index in [4.69, 9.17) is 0 Å². The average molecular weight is 180 g/mol. The Kier molecular flexibility index (Phi) is 2.62. The molecule has 0 aromatic heterocycles. The lowest BCUT2D eigenvalue weighted by molar-refractivity contribution is 0.987. The van der Waals surface area contributed by atoms with E-state index in [0.29, 0.717) is 0 Å². The largest absolute Gasteiger partial charge is 0.0815 e. The van der Waals surface area contributed by atoms with E-state index in [1.807, 2.05) is 0 Å². The molecule has 68 valence electrons. The highest BCUT2D eigenvalue weighted by molar-refractivity contribution is 6.78. The summed E-state index contributed by atoms with van der Waals surface area (Å²) in [5, 5.41) is 0. The van der Waals surface area contributed by atoms with Crippen LogP contribution in [0.5, 0.6) is 0 Å². The first-order valence-electron chi connectivity index (χ1n) is 4.76. The van der Waals surface area contributed by atoms with Crippen LogP contribution in [0.3, 0.4) is 0 Å². The Labute approximate surface area is 77.4 Å². The van der Waals surface area contributed by atoms with Crippen LogP contribution in [0.15, 0.2) is 23.3 Å². The van der Waals surface area contributed by atoms with Crippen molar-refractivity contribution in [3.05, 3.63) is 23.3 Å². The van der Waals surface area contributed by atoms with Crippen molar-refractivity contribution >= 4 is 8.07 Å². The molecule has 1 aliphatic rings. The van der Waals surface area contributed by atoms with Gasteiger partial charge >= 0.3 is 0 Å².